The van der Waals surface area contributed by atoms with Gasteiger partial charge in [0.1, 0.15) is 35.4 Å². The fraction of sp³-hybridized carbons (Fsp3) is 0.574. The molecule has 3 N–H and O–H groups in total. The van der Waals surface area contributed by atoms with Gasteiger partial charge in [0.15, 0.2) is 6.23 Å². The molecule has 12 heteroatoms. The summed E-state index contributed by atoms with van der Waals surface area (Å²) in [4.78, 5) is 39.8. The largest absolute Gasteiger partial charge is 0.497 e. The zero-order valence-corrected chi connectivity index (χ0v) is 39.9. The van der Waals surface area contributed by atoms with Crippen molar-refractivity contribution in [2.75, 3.05) is 34.0 Å². The Balaban J connectivity index is 1.08. The first-order chi connectivity index (χ1) is 32.3. The Morgan fingerprint density at radius 1 is 0.682 bits per heavy atom. The SMILES string of the molecule is CCCCCCCCCCCCCCCCCC(=O)NCCCCCCO[C@H]1C(O)[C@@H](COC(c2ccccc2)(c2ccc(OC)cc2)c2ccc(OC)cc2)O[C@H]1n1ccc(=O)[nH]c1=O. The van der Waals surface area contributed by atoms with Crippen LogP contribution >= 0.6 is 0 Å². The van der Waals surface area contributed by atoms with Crippen LogP contribution in [0.4, 0.5) is 0 Å². The maximum absolute atomic E-state index is 13.1. The smallest absolute Gasteiger partial charge is 0.330 e. The summed E-state index contributed by atoms with van der Waals surface area (Å²) in [6.45, 7) is 3.13. The first kappa shape index (κ1) is 52.2. The number of aliphatic hydroxyl groups excluding tert-OH is 1. The molecule has 2 heterocycles. The summed E-state index contributed by atoms with van der Waals surface area (Å²) in [5.74, 6) is 1.50. The molecule has 0 aliphatic carbocycles. The van der Waals surface area contributed by atoms with Gasteiger partial charge in [0.25, 0.3) is 5.56 Å². The van der Waals surface area contributed by atoms with Crippen LogP contribution in [0.1, 0.15) is 158 Å². The highest BCUT2D eigenvalue weighted by atomic mass is 16.6. The van der Waals surface area contributed by atoms with Crippen molar-refractivity contribution in [3.8, 4) is 11.5 Å². The topological polar surface area (TPSA) is 150 Å². The van der Waals surface area contributed by atoms with Crippen LogP contribution in [0.3, 0.4) is 0 Å². The van der Waals surface area contributed by atoms with Crippen LogP contribution in [-0.4, -0.2) is 72.9 Å². The second-order valence-corrected chi connectivity index (χ2v) is 17.7. The summed E-state index contributed by atoms with van der Waals surface area (Å²) in [7, 11) is 3.23. The lowest BCUT2D eigenvalue weighted by Crippen LogP contribution is -2.41. The molecule has 1 aliphatic heterocycles. The molecule has 66 heavy (non-hydrogen) atoms. The van der Waals surface area contributed by atoms with E-state index in [2.05, 4.69) is 17.2 Å². The van der Waals surface area contributed by atoms with Gasteiger partial charge in [-0.3, -0.25) is 19.1 Å². The van der Waals surface area contributed by atoms with Crippen LogP contribution in [0.25, 0.3) is 0 Å². The maximum atomic E-state index is 13.1. The maximum Gasteiger partial charge on any atom is 0.330 e. The Kier molecular flexibility index (Phi) is 23.0. The third-order valence-corrected chi connectivity index (χ3v) is 12.8. The lowest BCUT2D eigenvalue weighted by atomic mass is 9.80. The minimum absolute atomic E-state index is 0.0895. The molecule has 0 spiro atoms. The molecule has 1 saturated heterocycles. The Bertz CT molecular complexity index is 2010. The van der Waals surface area contributed by atoms with E-state index in [0.29, 0.717) is 37.5 Å². The summed E-state index contributed by atoms with van der Waals surface area (Å²) in [6, 6.07) is 26.4. The summed E-state index contributed by atoms with van der Waals surface area (Å²) >= 11 is 0. The lowest BCUT2D eigenvalue weighted by molar-refractivity contribution is -0.121. The number of rotatable bonds is 33. The number of unbranched alkanes of at least 4 members (excludes halogenated alkanes) is 17. The number of ether oxygens (including phenoxy) is 5. The second-order valence-electron chi connectivity index (χ2n) is 17.7. The van der Waals surface area contributed by atoms with Crippen molar-refractivity contribution in [1.82, 2.24) is 14.9 Å². The van der Waals surface area contributed by atoms with Crippen molar-refractivity contribution in [1.29, 1.82) is 0 Å². The molecule has 1 aliphatic rings. The van der Waals surface area contributed by atoms with Gasteiger partial charge in [0, 0.05) is 31.8 Å². The van der Waals surface area contributed by atoms with Gasteiger partial charge >= 0.3 is 5.69 Å². The van der Waals surface area contributed by atoms with E-state index in [1.54, 1.807) is 14.2 Å². The third-order valence-electron chi connectivity index (χ3n) is 12.8. The van der Waals surface area contributed by atoms with Crippen molar-refractivity contribution < 1.29 is 33.6 Å². The van der Waals surface area contributed by atoms with Crippen LogP contribution < -0.4 is 26.0 Å². The predicted octanol–water partition coefficient (Wildman–Crippen LogP) is 10.1. The Morgan fingerprint density at radius 3 is 1.74 bits per heavy atom. The van der Waals surface area contributed by atoms with E-state index in [1.165, 1.54) is 100 Å². The number of aromatic nitrogens is 2. The number of hydrogen-bond donors (Lipinski definition) is 3. The van der Waals surface area contributed by atoms with Gasteiger partial charge in [0.05, 0.1) is 20.8 Å². The molecule has 0 saturated carbocycles. The van der Waals surface area contributed by atoms with E-state index in [-0.39, 0.29) is 12.5 Å². The molecule has 4 atom stereocenters. The van der Waals surface area contributed by atoms with Crippen molar-refractivity contribution in [2.45, 2.75) is 165 Å². The van der Waals surface area contributed by atoms with Crippen molar-refractivity contribution in [3.05, 3.63) is 129 Å². The molecule has 1 fully saturated rings. The average molecular weight is 912 g/mol. The minimum Gasteiger partial charge on any atom is -0.497 e. The van der Waals surface area contributed by atoms with Crippen molar-refractivity contribution in [3.63, 3.8) is 0 Å². The van der Waals surface area contributed by atoms with E-state index in [1.807, 2.05) is 78.9 Å². The van der Waals surface area contributed by atoms with Crippen LogP contribution in [0.5, 0.6) is 11.5 Å². The Labute approximate surface area is 392 Å². The molecular formula is C54H77N3O9. The number of aliphatic hydroxyl groups is 1. The van der Waals surface area contributed by atoms with Gasteiger partial charge in [0.2, 0.25) is 5.91 Å². The fourth-order valence-corrected chi connectivity index (χ4v) is 8.94. The molecule has 5 rings (SSSR count). The number of nitrogens with zero attached hydrogens (tertiary/aromatic N) is 1. The number of aromatic amines is 1. The second kappa shape index (κ2) is 29.1. The quantitative estimate of drug-likeness (QED) is 0.0314. The van der Waals surface area contributed by atoms with E-state index in [9.17, 15) is 19.5 Å². The van der Waals surface area contributed by atoms with E-state index in [0.717, 1.165) is 48.8 Å². The van der Waals surface area contributed by atoms with Gasteiger partial charge in [-0.2, -0.15) is 0 Å². The lowest BCUT2D eigenvalue weighted by Gasteiger charge is -2.37. The summed E-state index contributed by atoms with van der Waals surface area (Å²) in [5, 5.41) is 15.0. The van der Waals surface area contributed by atoms with Gasteiger partial charge < -0.3 is 34.1 Å². The third kappa shape index (κ3) is 16.0. The molecule has 362 valence electrons. The normalized spacial score (nSPS) is 17.2. The predicted molar refractivity (Wildman–Crippen MR) is 260 cm³/mol. The average Bonchev–Trinajstić information content (AvgIpc) is 3.65. The number of carbonyl (C=O) groups is 1. The minimum atomic E-state index is -1.19. The molecule has 0 radical (unpaired) electrons. The number of methoxy groups -OCH3 is 2. The highest BCUT2D eigenvalue weighted by Crippen LogP contribution is 2.43. The first-order valence-corrected chi connectivity index (χ1v) is 24.8. The number of H-pyrrole nitrogens is 1. The number of carbonyl (C=O) groups excluding carboxylic acids is 1. The van der Waals surface area contributed by atoms with E-state index >= 15 is 0 Å². The molecule has 1 amide bonds. The zero-order chi connectivity index (χ0) is 46.8. The standard InChI is InChI=1S/C54H77N3O9/c1-4-5-6-7-8-9-10-11-12-13-14-15-16-17-23-28-48(58)55-38-24-18-19-25-40-64-51-50(60)47(66-52(51)57-39-37-49(59)56-53(57)61)41-65-54(42-26-21-20-22-27-42,43-29-33-45(62-2)34-30-43)44-31-35-46(63-3)36-32-44/h20-22,26-27,29-37,39,47,50-52,60H,4-19,23-25,28,38,40-41H2,1-3H3,(H,55,58)(H,56,59,61)/t47-,50?,51+,52-/m1/s1. The summed E-state index contributed by atoms with van der Waals surface area (Å²) in [5.41, 5.74) is 0.0823. The van der Waals surface area contributed by atoms with Crippen LogP contribution in [0.2, 0.25) is 0 Å². The number of hydrogen-bond acceptors (Lipinski definition) is 9. The van der Waals surface area contributed by atoms with Crippen molar-refractivity contribution in [2.24, 2.45) is 0 Å². The summed E-state index contributed by atoms with van der Waals surface area (Å²) in [6.07, 6.45) is 20.8. The van der Waals surface area contributed by atoms with Gasteiger partial charge in [-0.05, 0) is 60.2 Å². The van der Waals surface area contributed by atoms with Gasteiger partial charge in [-0.1, -0.05) is 164 Å². The number of benzene rings is 3. The Morgan fingerprint density at radius 2 is 1.20 bits per heavy atom. The van der Waals surface area contributed by atoms with Crippen molar-refractivity contribution >= 4 is 5.91 Å². The van der Waals surface area contributed by atoms with Crippen LogP contribution in [0.15, 0.2) is 101 Å². The zero-order valence-electron chi connectivity index (χ0n) is 39.9. The molecule has 4 aromatic rings. The molecule has 0 bridgehead atoms. The van der Waals surface area contributed by atoms with Crippen LogP contribution in [0, 0.1) is 0 Å². The van der Waals surface area contributed by atoms with Gasteiger partial charge in [-0.25, -0.2) is 4.79 Å². The highest BCUT2D eigenvalue weighted by Gasteiger charge is 2.48. The summed E-state index contributed by atoms with van der Waals surface area (Å²) < 4.78 is 32.0. The molecule has 1 aromatic heterocycles. The number of amides is 1. The van der Waals surface area contributed by atoms with E-state index in [4.69, 9.17) is 23.7 Å². The molecule has 12 nitrogen and oxygen atoms in total. The first-order valence-electron chi connectivity index (χ1n) is 24.8. The van der Waals surface area contributed by atoms with Gasteiger partial charge in [-0.15, -0.1) is 0 Å². The molecule has 1 unspecified atom stereocenters. The fourth-order valence-electron chi connectivity index (χ4n) is 8.94. The molecule has 3 aromatic carbocycles. The molecular weight excluding hydrogens is 835 g/mol. The Hall–Kier alpha value is -4.75. The highest BCUT2D eigenvalue weighted by molar-refractivity contribution is 5.75. The number of nitrogens with one attached hydrogen (secondary N) is 2. The van der Waals surface area contributed by atoms with Crippen LogP contribution in [-0.2, 0) is 24.6 Å². The monoisotopic (exact) mass is 912 g/mol. The van der Waals surface area contributed by atoms with E-state index < -0.39 is 41.4 Å².